The maximum atomic E-state index is 6.30. The summed E-state index contributed by atoms with van der Waals surface area (Å²) in [5, 5.41) is 2.27. The van der Waals surface area contributed by atoms with E-state index in [9.17, 15) is 0 Å². The number of furan rings is 1. The van der Waals surface area contributed by atoms with Gasteiger partial charge in [-0.15, -0.1) is 0 Å². The molecule has 0 amide bonds. The summed E-state index contributed by atoms with van der Waals surface area (Å²) in [7, 11) is 0. The van der Waals surface area contributed by atoms with Crippen molar-refractivity contribution in [2.75, 3.05) is 4.90 Å². The first-order chi connectivity index (χ1) is 27.8. The normalized spacial score (nSPS) is 11.2. The SMILES string of the molecule is c1ccc(-c2ccc(N(c3ccc(-c4ccc(-c5cccc6oc7ccccc7c56)c(-c5ccccc5)c4)cc3)c3ccccc3-c3ccccc3)cc2)cc1. The van der Waals surface area contributed by atoms with Gasteiger partial charge in [0.15, 0.2) is 0 Å². The zero-order chi connectivity index (χ0) is 37.3. The number of rotatable bonds is 8. The van der Waals surface area contributed by atoms with E-state index in [1.807, 2.05) is 12.1 Å². The van der Waals surface area contributed by atoms with Crippen molar-refractivity contribution in [2.24, 2.45) is 0 Å². The van der Waals surface area contributed by atoms with Crippen molar-refractivity contribution < 1.29 is 4.42 Å². The smallest absolute Gasteiger partial charge is 0.136 e. The Kier molecular flexibility index (Phi) is 8.55. The zero-order valence-corrected chi connectivity index (χ0v) is 30.7. The van der Waals surface area contributed by atoms with E-state index < -0.39 is 0 Å². The van der Waals surface area contributed by atoms with E-state index in [1.54, 1.807) is 0 Å². The van der Waals surface area contributed by atoms with Gasteiger partial charge in [-0.25, -0.2) is 0 Å². The van der Waals surface area contributed by atoms with Crippen LogP contribution < -0.4 is 4.90 Å². The minimum atomic E-state index is 0.899. The quantitative estimate of drug-likeness (QED) is 0.156. The Hall–Kier alpha value is -7.42. The van der Waals surface area contributed by atoms with Gasteiger partial charge in [0.1, 0.15) is 11.2 Å². The van der Waals surface area contributed by atoms with Gasteiger partial charge in [0.25, 0.3) is 0 Å². The molecule has 1 aromatic heterocycles. The average molecular weight is 716 g/mol. The molecule has 0 spiro atoms. The van der Waals surface area contributed by atoms with Crippen LogP contribution in [-0.2, 0) is 0 Å². The van der Waals surface area contributed by atoms with Crippen molar-refractivity contribution in [3.63, 3.8) is 0 Å². The van der Waals surface area contributed by atoms with Gasteiger partial charge < -0.3 is 9.32 Å². The minimum Gasteiger partial charge on any atom is -0.456 e. The Morgan fingerprint density at radius 1 is 0.286 bits per heavy atom. The molecular formula is C54H37NO. The molecule has 1 heterocycles. The summed E-state index contributed by atoms with van der Waals surface area (Å²) in [5.41, 5.74) is 16.9. The molecule has 56 heavy (non-hydrogen) atoms. The lowest BCUT2D eigenvalue weighted by Gasteiger charge is -2.28. The molecule has 0 saturated carbocycles. The van der Waals surface area contributed by atoms with Crippen molar-refractivity contribution in [2.45, 2.75) is 0 Å². The van der Waals surface area contributed by atoms with E-state index in [4.69, 9.17) is 4.42 Å². The van der Waals surface area contributed by atoms with Crippen molar-refractivity contribution in [1.82, 2.24) is 0 Å². The summed E-state index contributed by atoms with van der Waals surface area (Å²) in [6.07, 6.45) is 0. The zero-order valence-electron chi connectivity index (χ0n) is 30.7. The molecule has 0 fully saturated rings. The maximum absolute atomic E-state index is 6.30. The first kappa shape index (κ1) is 33.2. The van der Waals surface area contributed by atoms with Crippen LogP contribution in [-0.4, -0.2) is 0 Å². The van der Waals surface area contributed by atoms with Gasteiger partial charge in [-0.2, -0.15) is 0 Å². The van der Waals surface area contributed by atoms with E-state index in [-0.39, 0.29) is 0 Å². The van der Waals surface area contributed by atoms with E-state index in [1.165, 1.54) is 44.5 Å². The second-order valence-corrected chi connectivity index (χ2v) is 14.1. The predicted molar refractivity (Wildman–Crippen MR) is 236 cm³/mol. The summed E-state index contributed by atoms with van der Waals surface area (Å²) in [5.74, 6) is 0. The van der Waals surface area contributed by atoms with Gasteiger partial charge in [0.05, 0.1) is 5.69 Å². The number of hydrogen-bond donors (Lipinski definition) is 0. The Morgan fingerprint density at radius 2 is 0.768 bits per heavy atom. The Balaban J connectivity index is 1.08. The molecule has 0 unspecified atom stereocenters. The molecule has 0 aliphatic rings. The molecule has 2 heteroatoms. The second-order valence-electron chi connectivity index (χ2n) is 14.1. The van der Waals surface area contributed by atoms with Crippen LogP contribution in [0.15, 0.2) is 229 Å². The van der Waals surface area contributed by atoms with Crippen molar-refractivity contribution in [1.29, 1.82) is 0 Å². The highest BCUT2D eigenvalue weighted by molar-refractivity contribution is 6.13. The molecule has 0 aliphatic carbocycles. The van der Waals surface area contributed by atoms with Crippen molar-refractivity contribution >= 4 is 39.0 Å². The fourth-order valence-corrected chi connectivity index (χ4v) is 8.01. The third-order valence-electron chi connectivity index (χ3n) is 10.7. The first-order valence-corrected chi connectivity index (χ1v) is 19.1. The van der Waals surface area contributed by atoms with Gasteiger partial charge in [-0.05, 0) is 98.6 Å². The minimum absolute atomic E-state index is 0.899. The van der Waals surface area contributed by atoms with Crippen LogP contribution in [0.1, 0.15) is 0 Å². The van der Waals surface area contributed by atoms with Gasteiger partial charge in [0.2, 0.25) is 0 Å². The summed E-state index contributed by atoms with van der Waals surface area (Å²) in [6, 6.07) is 80.0. The molecule has 0 aliphatic heterocycles. The fraction of sp³-hybridized carbons (Fsp3) is 0. The van der Waals surface area contributed by atoms with Crippen LogP contribution in [0, 0.1) is 0 Å². The van der Waals surface area contributed by atoms with Gasteiger partial charge in [-0.3, -0.25) is 0 Å². The Labute approximate surface area is 327 Å². The molecular weight excluding hydrogens is 679 g/mol. The van der Waals surface area contributed by atoms with Gasteiger partial charge >= 0.3 is 0 Å². The Morgan fingerprint density at radius 3 is 1.45 bits per heavy atom. The third-order valence-corrected chi connectivity index (χ3v) is 10.7. The van der Waals surface area contributed by atoms with E-state index >= 15 is 0 Å². The molecule has 0 radical (unpaired) electrons. The highest BCUT2D eigenvalue weighted by atomic mass is 16.3. The second kappa shape index (κ2) is 14.4. The topological polar surface area (TPSA) is 16.4 Å². The van der Waals surface area contributed by atoms with Crippen LogP contribution in [0.4, 0.5) is 17.1 Å². The standard InChI is InChI=1S/C54H37NO/c1-4-15-38(16-5-1)39-27-32-44(33-28-39)55(51-24-12-10-21-46(51)41-17-6-2-7-18-41)45-34-29-40(30-35-45)43-31-36-47(50(37-43)42-19-8-3-9-20-42)48-23-14-26-53-54(48)49-22-11-13-25-52(49)56-53/h1-37H. The highest BCUT2D eigenvalue weighted by Gasteiger charge is 2.19. The summed E-state index contributed by atoms with van der Waals surface area (Å²) >= 11 is 0. The third kappa shape index (κ3) is 6.14. The molecule has 0 bridgehead atoms. The van der Waals surface area contributed by atoms with Crippen LogP contribution in [0.2, 0.25) is 0 Å². The van der Waals surface area contributed by atoms with Crippen molar-refractivity contribution in [3.05, 3.63) is 224 Å². The number of nitrogens with zero attached hydrogens (tertiary/aromatic N) is 1. The van der Waals surface area contributed by atoms with Crippen LogP contribution in [0.3, 0.4) is 0 Å². The first-order valence-electron chi connectivity index (χ1n) is 19.1. The molecule has 10 rings (SSSR count). The molecule has 2 nitrogen and oxygen atoms in total. The molecule has 0 N–H and O–H groups in total. The lowest BCUT2D eigenvalue weighted by atomic mass is 9.89. The number of hydrogen-bond acceptors (Lipinski definition) is 2. The summed E-state index contributed by atoms with van der Waals surface area (Å²) in [6.45, 7) is 0. The molecule has 264 valence electrons. The molecule has 0 saturated heterocycles. The van der Waals surface area contributed by atoms with E-state index in [0.29, 0.717) is 0 Å². The monoisotopic (exact) mass is 715 g/mol. The molecule has 10 aromatic rings. The summed E-state index contributed by atoms with van der Waals surface area (Å²) in [4.78, 5) is 2.37. The highest BCUT2D eigenvalue weighted by Crippen LogP contribution is 2.44. The van der Waals surface area contributed by atoms with Crippen molar-refractivity contribution in [3.8, 4) is 55.6 Å². The lowest BCUT2D eigenvalue weighted by molar-refractivity contribution is 0.669. The lowest BCUT2D eigenvalue weighted by Crippen LogP contribution is -2.11. The fourth-order valence-electron chi connectivity index (χ4n) is 8.01. The van der Waals surface area contributed by atoms with E-state index in [0.717, 1.165) is 50.1 Å². The number of benzene rings is 9. The number of anilines is 3. The molecule has 9 aromatic carbocycles. The molecule has 0 atom stereocenters. The van der Waals surface area contributed by atoms with Gasteiger partial charge in [-0.1, -0.05) is 176 Å². The van der Waals surface area contributed by atoms with Crippen LogP contribution >= 0.6 is 0 Å². The maximum Gasteiger partial charge on any atom is 0.136 e. The van der Waals surface area contributed by atoms with E-state index in [2.05, 4.69) is 217 Å². The largest absolute Gasteiger partial charge is 0.456 e. The predicted octanol–water partition coefficient (Wildman–Crippen LogP) is 15.4. The summed E-state index contributed by atoms with van der Waals surface area (Å²) < 4.78 is 6.30. The van der Waals surface area contributed by atoms with Crippen LogP contribution in [0.25, 0.3) is 77.6 Å². The van der Waals surface area contributed by atoms with Crippen LogP contribution in [0.5, 0.6) is 0 Å². The Bertz CT molecular complexity index is 2930. The number of para-hydroxylation sites is 2. The van der Waals surface area contributed by atoms with Gasteiger partial charge in [0, 0.05) is 27.7 Å². The average Bonchev–Trinajstić information content (AvgIpc) is 3.67. The number of fused-ring (bicyclic) bond motifs is 3.